The van der Waals surface area contributed by atoms with E-state index >= 15 is 0 Å². The van der Waals surface area contributed by atoms with Crippen molar-refractivity contribution in [2.45, 2.75) is 137 Å². The maximum atomic E-state index is 2.67. The average Bonchev–Trinajstić information content (AvgIpc) is 3.82. The lowest BCUT2D eigenvalue weighted by molar-refractivity contribution is 0.332. The van der Waals surface area contributed by atoms with Gasteiger partial charge < -0.3 is 9.80 Å². The molecule has 1 aliphatic carbocycles. The molecule has 2 aliphatic heterocycles. The number of hydrogen-bond donors (Lipinski definition) is 0. The highest BCUT2D eigenvalue weighted by Gasteiger charge is 2.47. The molecule has 4 heterocycles. The fourth-order valence-electron chi connectivity index (χ4n) is 11.7. The van der Waals surface area contributed by atoms with Crippen LogP contribution >= 0.6 is 22.7 Å². The van der Waals surface area contributed by atoms with Gasteiger partial charge in [0, 0.05) is 52.9 Å². The van der Waals surface area contributed by atoms with E-state index in [1.165, 1.54) is 132 Å². The summed E-state index contributed by atoms with van der Waals surface area (Å²) in [6, 6.07) is 43.3. The Morgan fingerprint density at radius 1 is 0.591 bits per heavy atom. The number of fused-ring (bicyclic) bond motifs is 8. The monoisotopic (exact) mass is 900 g/mol. The van der Waals surface area contributed by atoms with E-state index in [0.29, 0.717) is 5.92 Å². The maximum absolute atomic E-state index is 2.67. The van der Waals surface area contributed by atoms with E-state index in [9.17, 15) is 0 Å². The van der Waals surface area contributed by atoms with Gasteiger partial charge in [0.2, 0.25) is 0 Å². The predicted octanol–water partition coefficient (Wildman–Crippen LogP) is 16.5. The number of nitrogens with zero attached hydrogens (tertiary/aromatic N) is 2. The first-order valence-electron chi connectivity index (χ1n) is 24.4. The van der Waals surface area contributed by atoms with Gasteiger partial charge in [-0.05, 0) is 170 Å². The molecule has 0 unspecified atom stereocenters. The van der Waals surface area contributed by atoms with Crippen molar-refractivity contribution in [1.82, 2.24) is 0 Å². The van der Waals surface area contributed by atoms with Crippen LogP contribution in [0.4, 0.5) is 34.1 Å². The average molecular weight is 901 g/mol. The van der Waals surface area contributed by atoms with E-state index in [1.54, 1.807) is 0 Å². The summed E-state index contributed by atoms with van der Waals surface area (Å²) in [4.78, 5) is 6.72. The SMILES string of the molecule is Cc1cc2c3c(c1)N(c1ccc(C(C)(C)C)cc1)c1c(sc4cc5c(cc14)C(C)(C)CCC5(C)C)B3c1cc3sc(-c4ccccc4)c(C(C)C)c3cc1N2c1ccc(C(C)(C)C)cc1C. The summed E-state index contributed by atoms with van der Waals surface area (Å²) in [7, 11) is 0. The van der Waals surface area contributed by atoms with Gasteiger partial charge in [-0.15, -0.1) is 22.7 Å². The topological polar surface area (TPSA) is 6.48 Å². The summed E-state index contributed by atoms with van der Waals surface area (Å²) in [6.45, 7) is 33.3. The molecule has 66 heavy (non-hydrogen) atoms. The van der Waals surface area contributed by atoms with E-state index < -0.39 is 0 Å². The van der Waals surface area contributed by atoms with Crippen molar-refractivity contribution in [3.63, 3.8) is 0 Å². The highest BCUT2D eigenvalue weighted by Crippen LogP contribution is 2.54. The Morgan fingerprint density at radius 3 is 1.82 bits per heavy atom. The zero-order chi connectivity index (χ0) is 46.6. The van der Waals surface area contributed by atoms with Crippen LogP contribution < -0.4 is 25.5 Å². The second kappa shape index (κ2) is 14.7. The van der Waals surface area contributed by atoms with Crippen molar-refractivity contribution in [3.05, 3.63) is 148 Å². The van der Waals surface area contributed by atoms with Crippen LogP contribution in [0.3, 0.4) is 0 Å². The summed E-state index contributed by atoms with van der Waals surface area (Å²) in [5.74, 6) is 0.361. The van der Waals surface area contributed by atoms with Gasteiger partial charge in [0.15, 0.2) is 0 Å². The van der Waals surface area contributed by atoms with Crippen LogP contribution in [0.15, 0.2) is 109 Å². The van der Waals surface area contributed by atoms with Crippen LogP contribution in [0.1, 0.15) is 141 Å². The molecule has 5 heteroatoms. The number of anilines is 6. The molecule has 0 atom stereocenters. The number of thiophene rings is 2. The molecule has 0 N–H and O–H groups in total. The van der Waals surface area contributed by atoms with Gasteiger partial charge >= 0.3 is 0 Å². The molecule has 0 saturated carbocycles. The molecule has 2 aromatic heterocycles. The van der Waals surface area contributed by atoms with E-state index in [-0.39, 0.29) is 28.4 Å². The number of hydrogen-bond acceptors (Lipinski definition) is 4. The molecule has 0 bridgehead atoms. The smallest absolute Gasteiger partial charge is 0.264 e. The third-order valence-electron chi connectivity index (χ3n) is 15.5. The van der Waals surface area contributed by atoms with Crippen LogP contribution in [0.25, 0.3) is 30.6 Å². The number of aryl methyl sites for hydroxylation is 2. The largest absolute Gasteiger partial charge is 0.311 e. The molecular formula is C61H65BN2S2. The Hall–Kier alpha value is -5.10. The first-order chi connectivity index (χ1) is 31.1. The zero-order valence-corrected chi connectivity index (χ0v) is 43.3. The third-order valence-corrected chi connectivity index (χ3v) is 18.0. The van der Waals surface area contributed by atoms with Crippen molar-refractivity contribution in [1.29, 1.82) is 0 Å². The van der Waals surface area contributed by atoms with Crippen molar-refractivity contribution < 1.29 is 0 Å². The molecule has 0 saturated heterocycles. The minimum Gasteiger partial charge on any atom is -0.311 e. The van der Waals surface area contributed by atoms with Gasteiger partial charge in [-0.25, -0.2) is 0 Å². The van der Waals surface area contributed by atoms with E-state index in [4.69, 9.17) is 0 Å². The minimum absolute atomic E-state index is 0.0454. The molecule has 334 valence electrons. The van der Waals surface area contributed by atoms with Crippen LogP contribution in [0.2, 0.25) is 0 Å². The van der Waals surface area contributed by atoms with E-state index in [1.807, 2.05) is 22.7 Å². The zero-order valence-electron chi connectivity index (χ0n) is 41.7. The maximum Gasteiger partial charge on any atom is 0.264 e. The van der Waals surface area contributed by atoms with E-state index in [0.717, 1.165) is 0 Å². The van der Waals surface area contributed by atoms with Crippen LogP contribution in [-0.2, 0) is 21.7 Å². The lowest BCUT2D eigenvalue weighted by Crippen LogP contribution is -2.60. The fraction of sp³-hybridized carbons (Fsp3) is 0.344. The van der Waals surface area contributed by atoms with Crippen molar-refractivity contribution in [2.24, 2.45) is 0 Å². The molecule has 0 fully saturated rings. The van der Waals surface area contributed by atoms with Crippen LogP contribution in [0.5, 0.6) is 0 Å². The Balaban J connectivity index is 1.27. The lowest BCUT2D eigenvalue weighted by Gasteiger charge is -2.44. The Labute approximate surface area is 402 Å². The normalized spacial score (nSPS) is 16.2. The van der Waals surface area contributed by atoms with Gasteiger partial charge in [-0.1, -0.05) is 138 Å². The first-order valence-corrected chi connectivity index (χ1v) is 26.0. The molecule has 0 spiro atoms. The van der Waals surface area contributed by atoms with Crippen molar-refractivity contribution in [3.8, 4) is 10.4 Å². The standard InChI is InChI=1S/C61H65BN2S2/c1-35(2)53-42-32-48-46(34-52(42)65-56(53)38-18-16-15-17-19-38)62-54-49(28-36(3)29-50(54)64(48)47-25-22-40(30-37(47)4)59(8,9)10)63(41-23-20-39(21-24-41)58(5,6)7)55-43-31-44-45(33-51(43)66-57(55)62)61(13,14)27-26-60(44,11)12/h15-25,28-35H,26-27H2,1-14H3. The number of rotatable bonds is 4. The second-order valence-electron chi connectivity index (χ2n) is 23.6. The summed E-state index contributed by atoms with van der Waals surface area (Å²) in [5.41, 5.74) is 21.9. The third kappa shape index (κ3) is 6.61. The first kappa shape index (κ1) is 43.5. The lowest BCUT2D eigenvalue weighted by atomic mass is 9.36. The van der Waals surface area contributed by atoms with Gasteiger partial charge in [-0.2, -0.15) is 0 Å². The molecular weight excluding hydrogens is 836 g/mol. The van der Waals surface area contributed by atoms with Crippen LogP contribution in [-0.4, -0.2) is 6.71 Å². The van der Waals surface area contributed by atoms with Gasteiger partial charge in [-0.3, -0.25) is 0 Å². The molecule has 11 rings (SSSR count). The van der Waals surface area contributed by atoms with E-state index in [2.05, 4.69) is 216 Å². The molecule has 6 aromatic carbocycles. The summed E-state index contributed by atoms with van der Waals surface area (Å²) < 4.78 is 4.22. The fourth-order valence-corrected chi connectivity index (χ4v) is 14.4. The predicted molar refractivity (Wildman–Crippen MR) is 293 cm³/mol. The Bertz CT molecular complexity index is 3280. The molecule has 2 nitrogen and oxygen atoms in total. The molecule has 0 amide bonds. The number of benzene rings is 6. The molecule has 3 aliphatic rings. The summed E-state index contributed by atoms with van der Waals surface area (Å²) in [5, 5.41) is 2.76. The van der Waals surface area contributed by atoms with Gasteiger partial charge in [0.05, 0.1) is 5.69 Å². The van der Waals surface area contributed by atoms with Crippen LogP contribution in [0, 0.1) is 13.8 Å². The Kier molecular flexibility index (Phi) is 9.68. The molecule has 0 radical (unpaired) electrons. The van der Waals surface area contributed by atoms with Crippen molar-refractivity contribution >= 4 is 99.4 Å². The van der Waals surface area contributed by atoms with Crippen molar-refractivity contribution in [2.75, 3.05) is 9.80 Å². The van der Waals surface area contributed by atoms with Gasteiger partial charge in [0.25, 0.3) is 6.71 Å². The summed E-state index contributed by atoms with van der Waals surface area (Å²) in [6.07, 6.45) is 2.39. The second-order valence-corrected chi connectivity index (χ2v) is 25.8. The highest BCUT2D eigenvalue weighted by molar-refractivity contribution is 7.34. The minimum atomic E-state index is 0.0454. The van der Waals surface area contributed by atoms with Gasteiger partial charge in [0.1, 0.15) is 0 Å². The quantitative estimate of drug-likeness (QED) is 0.162. The summed E-state index contributed by atoms with van der Waals surface area (Å²) >= 11 is 4.03. The molecule has 8 aromatic rings. The Morgan fingerprint density at radius 2 is 1.20 bits per heavy atom. The highest BCUT2D eigenvalue weighted by atomic mass is 32.1.